The lowest BCUT2D eigenvalue weighted by Crippen LogP contribution is -2.63. The number of aliphatic carboxylic acids is 3. The zero-order valence-corrected chi connectivity index (χ0v) is 64.0. The van der Waals surface area contributed by atoms with Crippen molar-refractivity contribution in [2.24, 2.45) is 52.5 Å². The normalized spacial score (nSPS) is 15.5. The van der Waals surface area contributed by atoms with Gasteiger partial charge in [0.1, 0.15) is 72.5 Å². The summed E-state index contributed by atoms with van der Waals surface area (Å²) < 4.78 is 0. The van der Waals surface area contributed by atoms with E-state index in [1.54, 1.807) is 27.7 Å². The first-order valence-electron chi connectivity index (χ1n) is 36.0. The molecule has 28 N–H and O–H groups in total. The number of carbonyl (C=O) groups excluding carboxylic acids is 16. The summed E-state index contributed by atoms with van der Waals surface area (Å²) in [5.74, 6) is -25.9. The van der Waals surface area contributed by atoms with E-state index in [4.69, 9.17) is 22.9 Å². The fourth-order valence-electron chi connectivity index (χ4n) is 10.5. The maximum Gasteiger partial charge on any atom is 0.326 e. The highest BCUT2D eigenvalue weighted by atomic mass is 16.4. The van der Waals surface area contributed by atoms with Gasteiger partial charge in [0.15, 0.2) is 0 Å². The molecule has 16 amide bonds. The molecule has 44 nitrogen and oxygen atoms in total. The second-order valence-corrected chi connectivity index (χ2v) is 27.8. The number of carboxylic acid groups (broad SMARTS) is 3. The second kappa shape index (κ2) is 49.2. The molecule has 16 atom stereocenters. The van der Waals surface area contributed by atoms with Gasteiger partial charge in [-0.15, -0.1) is 0 Å². The molecule has 0 spiro atoms. The van der Waals surface area contributed by atoms with Crippen LogP contribution in [0.3, 0.4) is 0 Å². The van der Waals surface area contributed by atoms with Gasteiger partial charge in [0.25, 0.3) is 0 Å². The molecule has 0 bridgehead atoms. The van der Waals surface area contributed by atoms with Gasteiger partial charge in [-0.25, -0.2) is 9.78 Å². The van der Waals surface area contributed by atoms with E-state index in [9.17, 15) is 117 Å². The molecule has 624 valence electrons. The van der Waals surface area contributed by atoms with E-state index < -0.39 is 266 Å². The number of amides is 16. The van der Waals surface area contributed by atoms with Crippen LogP contribution < -0.4 is 97.4 Å². The molecule has 1 rings (SSSR count). The van der Waals surface area contributed by atoms with Crippen LogP contribution in [0.2, 0.25) is 0 Å². The average Bonchev–Trinajstić information content (AvgIpc) is 1.85. The van der Waals surface area contributed by atoms with Gasteiger partial charge >= 0.3 is 17.9 Å². The zero-order chi connectivity index (χ0) is 84.9. The number of nitrogens with one attached hydrogen (secondary N) is 15. The molecule has 0 saturated heterocycles. The molecule has 0 aliphatic carbocycles. The van der Waals surface area contributed by atoms with Gasteiger partial charge in [-0.05, 0) is 68.7 Å². The monoisotopic (exact) mass is 1580 g/mol. The molecule has 0 aliphatic rings. The average molecular weight is 1580 g/mol. The van der Waals surface area contributed by atoms with Gasteiger partial charge in [0.2, 0.25) is 94.5 Å². The first-order valence-corrected chi connectivity index (χ1v) is 36.0. The summed E-state index contributed by atoms with van der Waals surface area (Å²) in [6, 6.07) is -21.7. The van der Waals surface area contributed by atoms with E-state index in [1.165, 1.54) is 40.2 Å². The van der Waals surface area contributed by atoms with Crippen LogP contribution in [0, 0.1) is 29.6 Å². The molecule has 1 heterocycles. The number of aliphatic hydroxyl groups excluding tert-OH is 2. The summed E-state index contributed by atoms with van der Waals surface area (Å²) in [5.41, 5.74) is 22.5. The molecular weight excluding hydrogens is 1470 g/mol. The number of imidazole rings is 1. The minimum atomic E-state index is -2.12. The van der Waals surface area contributed by atoms with Crippen LogP contribution in [0.5, 0.6) is 0 Å². The standard InChI is InChI=1S/C67H112N20O24/c1-12-32(9)52(85-59(102)40(21-45(71)91)80-63(106)50(30(5)6)83-55(98)36(69)18-29(3)4)62(105)74-26-47(93)77-43(27-88)61(104)87-54(34(11)89)66(109)82-42(23-49(96)97)60(103)86-53(33(10)13-2)65(108)84-51(31(7)8)64(107)81-41(22-48(94)95)56(99)73-25-46(92)76-39(20-44(70)90)58(101)79-38(19-35-24-72-28-75-35)57(100)78-37(67(110)111)16-14-15-17-68/h24,28-34,36-43,50-54,88-89H,12-23,25-27,68-69H2,1-11H3,(H2,70,90)(H2,71,91)(H,72,75)(H,73,99)(H,74,105)(H,76,92)(H,77,93)(H,78,100)(H,79,101)(H,80,106)(H,81,107)(H,82,109)(H,83,98)(H,84,108)(H,85,102)(H,86,103)(H,87,104)(H,94,95)(H,96,97)(H,110,111)/t32-,33-,34+,36-,37-,38-,39-,40-,41-,42-,43-,50-,51-,52-,53-,54-/m0/s1. The Bertz CT molecular complexity index is 3390. The number of hydrogen-bond acceptors (Lipinski definition) is 24. The Morgan fingerprint density at radius 3 is 1.23 bits per heavy atom. The van der Waals surface area contributed by atoms with E-state index in [-0.39, 0.29) is 50.3 Å². The third-order valence-corrected chi connectivity index (χ3v) is 17.2. The molecule has 0 radical (unpaired) electrons. The van der Waals surface area contributed by atoms with Gasteiger partial charge in [0.05, 0.1) is 69.5 Å². The van der Waals surface area contributed by atoms with E-state index >= 15 is 0 Å². The lowest BCUT2D eigenvalue weighted by molar-refractivity contribution is -0.143. The Kier molecular flexibility index (Phi) is 43.4. The molecule has 111 heavy (non-hydrogen) atoms. The maximum absolute atomic E-state index is 14.2. The number of aliphatic hydroxyl groups is 2. The first-order chi connectivity index (χ1) is 51.8. The van der Waals surface area contributed by atoms with Gasteiger partial charge in [-0.1, -0.05) is 82.1 Å². The number of rotatable bonds is 53. The van der Waals surface area contributed by atoms with Gasteiger partial charge in [0, 0.05) is 12.6 Å². The quantitative estimate of drug-likeness (QED) is 0.0269. The van der Waals surface area contributed by atoms with Crippen LogP contribution in [-0.2, 0) is 97.5 Å². The van der Waals surface area contributed by atoms with E-state index in [1.807, 2.05) is 13.8 Å². The largest absolute Gasteiger partial charge is 0.481 e. The summed E-state index contributed by atoms with van der Waals surface area (Å²) >= 11 is 0. The maximum atomic E-state index is 14.2. The number of primary amides is 2. The van der Waals surface area contributed by atoms with Gasteiger partial charge in [-0.2, -0.15) is 0 Å². The fraction of sp³-hybridized carbons (Fsp3) is 0.672. The summed E-state index contributed by atoms with van der Waals surface area (Å²) in [5, 5.41) is 82.1. The molecule has 0 saturated carbocycles. The number of nitrogens with zero attached hydrogens (tertiary/aromatic N) is 1. The first kappa shape index (κ1) is 98.0. The number of aromatic nitrogens is 2. The minimum Gasteiger partial charge on any atom is -0.481 e. The summed E-state index contributed by atoms with van der Waals surface area (Å²) in [4.78, 5) is 258. The number of hydrogen-bond donors (Lipinski definition) is 24. The molecule has 0 fully saturated rings. The molecule has 0 aromatic carbocycles. The Balaban J connectivity index is 3.33. The van der Waals surface area contributed by atoms with Crippen LogP contribution in [0.4, 0.5) is 0 Å². The van der Waals surface area contributed by atoms with Crippen molar-refractivity contribution in [1.29, 1.82) is 0 Å². The van der Waals surface area contributed by atoms with Gasteiger partial charge in [-0.3, -0.25) is 86.3 Å². The number of H-pyrrole nitrogens is 1. The fourth-order valence-corrected chi connectivity index (χ4v) is 10.5. The molecule has 1 aromatic heterocycles. The Hall–Kier alpha value is -11.0. The van der Waals surface area contributed by atoms with Crippen molar-refractivity contribution >= 4 is 112 Å². The summed E-state index contributed by atoms with van der Waals surface area (Å²) in [6.07, 6.45) is -2.30. The number of unbranched alkanes of at least 4 members (excludes halogenated alkanes) is 1. The minimum absolute atomic E-state index is 0.0324. The molecule has 44 heteroatoms. The van der Waals surface area contributed by atoms with Gasteiger partial charge < -0.3 is 128 Å². The molecule has 1 aromatic rings. The lowest BCUT2D eigenvalue weighted by atomic mass is 9.95. The van der Waals surface area contributed by atoms with Crippen LogP contribution in [-0.4, -0.2) is 259 Å². The van der Waals surface area contributed by atoms with Crippen molar-refractivity contribution in [2.45, 2.75) is 231 Å². The van der Waals surface area contributed by atoms with Crippen LogP contribution >= 0.6 is 0 Å². The number of aromatic amines is 1. The molecular formula is C67H112N20O24. The molecule has 0 unspecified atom stereocenters. The van der Waals surface area contributed by atoms with Crippen molar-refractivity contribution in [3.05, 3.63) is 18.2 Å². The highest BCUT2D eigenvalue weighted by Crippen LogP contribution is 2.15. The zero-order valence-electron chi connectivity index (χ0n) is 64.0. The smallest absolute Gasteiger partial charge is 0.326 e. The Labute approximate surface area is 639 Å². The topological polar surface area (TPSA) is 727 Å². The number of nitrogens with two attached hydrogens (primary N) is 4. The molecule has 0 aliphatic heterocycles. The second-order valence-electron chi connectivity index (χ2n) is 27.8. The Morgan fingerprint density at radius 1 is 0.441 bits per heavy atom. The van der Waals surface area contributed by atoms with Crippen molar-refractivity contribution in [3.8, 4) is 0 Å². The van der Waals surface area contributed by atoms with Crippen LogP contribution in [0.15, 0.2) is 12.5 Å². The van der Waals surface area contributed by atoms with Crippen molar-refractivity contribution in [1.82, 2.24) is 84.4 Å². The summed E-state index contributed by atoms with van der Waals surface area (Å²) in [7, 11) is 0. The van der Waals surface area contributed by atoms with E-state index in [0.29, 0.717) is 12.8 Å². The SMILES string of the molecule is CC[C@H](C)[C@H](NC(=O)[C@H](CC(N)=O)NC(=O)[C@@H](NC(=O)[C@@H](N)CC(C)C)C(C)C)C(=O)NCC(=O)N[C@@H](CO)C(=O)N[C@H](C(=O)N[C@@H](CC(=O)O)C(=O)N[C@H](C(=O)N[C@H](C(=O)N[C@@H](CC(=O)O)C(=O)NCC(=O)N[C@@H](CC(N)=O)C(=O)N[C@@H](Cc1c[nH]cn1)C(=O)N[C@@H](CCCCN)C(=O)O)C(C)C)[C@@H](C)CC)[C@@H](C)O. The highest BCUT2D eigenvalue weighted by molar-refractivity contribution is 6.02. The van der Waals surface area contributed by atoms with E-state index in [2.05, 4.69) is 84.4 Å². The van der Waals surface area contributed by atoms with Crippen molar-refractivity contribution in [3.63, 3.8) is 0 Å². The van der Waals surface area contributed by atoms with E-state index in [0.717, 1.165) is 6.92 Å². The number of carbonyl (C=O) groups is 19. The third-order valence-electron chi connectivity index (χ3n) is 17.2. The highest BCUT2D eigenvalue weighted by Gasteiger charge is 2.40. The number of carboxylic acids is 3. The third kappa shape index (κ3) is 35.9. The summed E-state index contributed by atoms with van der Waals surface area (Å²) in [6.45, 7) is 13.9. The van der Waals surface area contributed by atoms with Crippen molar-refractivity contribution in [2.75, 3.05) is 26.2 Å². The predicted molar refractivity (Wildman–Crippen MR) is 389 cm³/mol. The van der Waals surface area contributed by atoms with Crippen molar-refractivity contribution < 1.29 is 117 Å². The lowest BCUT2D eigenvalue weighted by Gasteiger charge is -2.30. The Morgan fingerprint density at radius 2 is 0.811 bits per heavy atom. The van der Waals surface area contributed by atoms with Crippen LogP contribution in [0.25, 0.3) is 0 Å². The van der Waals surface area contributed by atoms with Crippen LogP contribution in [0.1, 0.15) is 146 Å². The predicted octanol–water partition coefficient (Wildman–Crippen LogP) is -8.93.